The molecule has 0 rings (SSSR count). The Morgan fingerprint density at radius 3 is 0.882 bits per heavy atom. The van der Waals surface area contributed by atoms with Crippen molar-refractivity contribution in [1.29, 1.82) is 0 Å². The minimum absolute atomic E-state index is 0. The fraction of sp³-hybridized carbons (Fsp3) is 0. The van der Waals surface area contributed by atoms with Crippen LogP contribution in [0.15, 0.2) is 0 Å². The Balaban J connectivity index is -0.0000000729. The molecule has 0 saturated carbocycles. The van der Waals surface area contributed by atoms with Crippen molar-refractivity contribution in [2.45, 2.75) is 0 Å². The third kappa shape index (κ3) is 301. The molecule has 0 unspecified atom stereocenters. The first kappa shape index (κ1) is 26.0. The van der Waals surface area contributed by atoms with Gasteiger partial charge in [-0.05, 0) is 0 Å². The molecule has 108 valence electrons. The molecular formula is H10AlO13PS2. The molecule has 0 bridgehead atoms. The Hall–Kier alpha value is 0.342. The fourth-order valence-electron chi connectivity index (χ4n) is 0. The van der Waals surface area contributed by atoms with Gasteiger partial charge in [0.2, 0.25) is 0 Å². The van der Waals surface area contributed by atoms with E-state index in [4.69, 9.17) is 50.1 Å². The van der Waals surface area contributed by atoms with E-state index >= 15 is 0 Å². The third-order valence-electron chi connectivity index (χ3n) is 0.106. The largest absolute Gasteiger partial charge is 0.496 e. The first-order valence-corrected chi connectivity index (χ1v) is 6.67. The molecule has 0 aromatic carbocycles. The van der Waals surface area contributed by atoms with Crippen LogP contribution in [0.3, 0.4) is 0 Å². The van der Waals surface area contributed by atoms with Gasteiger partial charge in [-0.3, -0.25) is 18.2 Å². The highest BCUT2D eigenvalue weighted by Crippen LogP contribution is 2.33. The zero-order valence-electron chi connectivity index (χ0n) is 6.84. The van der Waals surface area contributed by atoms with E-state index in [1.807, 2.05) is 0 Å². The summed E-state index contributed by atoms with van der Waals surface area (Å²) in [6.07, 6.45) is 0. The van der Waals surface area contributed by atoms with Gasteiger partial charge >= 0.3 is 28.6 Å². The van der Waals surface area contributed by atoms with Crippen molar-refractivity contribution in [2.24, 2.45) is 0 Å². The highest BCUT2D eigenvalue weighted by atomic mass is 32.3. The van der Waals surface area contributed by atoms with Crippen LogP contribution in [0.5, 0.6) is 0 Å². The minimum atomic E-state index is -4.67. The lowest BCUT2D eigenvalue weighted by molar-refractivity contribution is -0.158. The van der Waals surface area contributed by atoms with Gasteiger partial charge in [-0.2, -0.15) is 16.8 Å². The molecule has 0 aromatic heterocycles. The van der Waals surface area contributed by atoms with Gasteiger partial charge in [-0.25, -0.2) is 9.82 Å². The van der Waals surface area contributed by atoms with Crippen LogP contribution in [0.25, 0.3) is 0 Å². The molecule has 0 spiro atoms. The van der Waals surface area contributed by atoms with Gasteiger partial charge in [-0.1, -0.05) is 0 Å². The number of rotatable bonds is 1. The van der Waals surface area contributed by atoms with E-state index in [2.05, 4.69) is 4.67 Å². The molecule has 0 atom stereocenters. The highest BCUT2D eigenvalue weighted by Gasteiger charge is 2.10. The summed E-state index contributed by atoms with van der Waals surface area (Å²) in [7, 11) is -13.9. The zero-order valence-corrected chi connectivity index (χ0v) is 9.37. The Bertz CT molecular complexity index is 349. The maximum absolute atomic E-state index is 9.22. The first-order valence-electron chi connectivity index (χ1n) is 2.34. The quantitative estimate of drug-likeness (QED) is 0.0833. The van der Waals surface area contributed by atoms with Crippen LogP contribution < -0.4 is 0 Å². The van der Waals surface area contributed by atoms with E-state index < -0.39 is 28.6 Å². The second-order valence-corrected chi connectivity index (χ2v) is 4.40. The van der Waals surface area contributed by atoms with Crippen molar-refractivity contribution in [3.05, 3.63) is 0 Å². The molecule has 0 aliphatic carbocycles. The normalized spacial score (nSPS) is 11.0. The molecule has 0 aliphatic heterocycles. The summed E-state index contributed by atoms with van der Waals surface area (Å²) in [5.41, 5.74) is 0. The predicted octanol–water partition coefficient (Wildman–Crippen LogP) is -2.92. The van der Waals surface area contributed by atoms with E-state index in [1.54, 1.807) is 0 Å². The van der Waals surface area contributed by atoms with Gasteiger partial charge in [-0.15, -0.1) is 4.67 Å². The van der Waals surface area contributed by atoms with Crippen LogP contribution in [-0.2, 0) is 30.0 Å². The van der Waals surface area contributed by atoms with Crippen LogP contribution >= 0.6 is 7.82 Å². The predicted molar refractivity (Wildman–Crippen MR) is 54.1 cm³/mol. The first-order chi connectivity index (χ1) is 6.56. The maximum atomic E-state index is 9.22. The van der Waals surface area contributed by atoms with Crippen LogP contribution in [0.1, 0.15) is 0 Å². The molecule has 0 fully saturated rings. The summed E-state index contributed by atoms with van der Waals surface area (Å²) in [6.45, 7) is 0. The van der Waals surface area contributed by atoms with Crippen LogP contribution in [0.2, 0.25) is 0 Å². The second kappa shape index (κ2) is 10.3. The summed E-state index contributed by atoms with van der Waals surface area (Å²) < 4.78 is 75.0. The highest BCUT2D eigenvalue weighted by molar-refractivity contribution is 7.80. The Morgan fingerprint density at radius 2 is 0.882 bits per heavy atom. The van der Waals surface area contributed by atoms with Gasteiger partial charge in [0.15, 0.2) is 17.4 Å². The number of hydrogen-bond donors (Lipinski definition) is 7. The lowest BCUT2D eigenvalue weighted by atomic mass is 15.0. The topological polar surface area (TPSA) is 236 Å². The van der Waals surface area contributed by atoms with E-state index in [1.165, 1.54) is 0 Å². The molecule has 0 aliphatic rings. The average molecular weight is 340 g/mol. The number of hydrogen-bond acceptors (Lipinski definition) is 7. The molecule has 13 nitrogen and oxygen atoms in total. The van der Waals surface area contributed by atoms with E-state index in [9.17, 15) is 4.57 Å². The Morgan fingerprint density at radius 1 is 0.824 bits per heavy atom. The molecule has 17 heavy (non-hydrogen) atoms. The smallest absolute Gasteiger partial charge is 0.301 e. The lowest BCUT2D eigenvalue weighted by Gasteiger charge is -1.90. The summed E-state index contributed by atoms with van der Waals surface area (Å²) in [6, 6.07) is 0. The summed E-state index contributed by atoms with van der Waals surface area (Å²) in [5, 5.41) is 7.14. The van der Waals surface area contributed by atoms with Crippen LogP contribution in [-0.4, -0.2) is 67.5 Å². The van der Waals surface area contributed by atoms with Crippen molar-refractivity contribution >= 4 is 46.0 Å². The summed E-state index contributed by atoms with van der Waals surface area (Å²) >= 11 is 0. The molecule has 0 saturated heterocycles. The van der Waals surface area contributed by atoms with Crippen molar-refractivity contribution in [2.75, 3.05) is 0 Å². The van der Waals surface area contributed by atoms with E-state index in [0.29, 0.717) is 0 Å². The Kier molecular flexibility index (Phi) is 15.7. The fourth-order valence-corrected chi connectivity index (χ4v) is 0. The van der Waals surface area contributed by atoms with Crippen LogP contribution in [0, 0.1) is 0 Å². The van der Waals surface area contributed by atoms with Crippen molar-refractivity contribution in [3.8, 4) is 0 Å². The van der Waals surface area contributed by atoms with E-state index in [-0.39, 0.29) is 17.4 Å². The monoisotopic (exact) mass is 340 g/mol. The van der Waals surface area contributed by atoms with Gasteiger partial charge in [0.05, 0.1) is 0 Å². The Labute approximate surface area is 105 Å². The molecule has 17 heteroatoms. The molecule has 0 radical (unpaired) electrons. The summed E-state index contributed by atoms with van der Waals surface area (Å²) in [4.78, 5) is 14.9. The minimum Gasteiger partial charge on any atom is -0.301 e. The standard InChI is InChI=1S/Al.H3O5P.2H2O4S.3H/c;1-5-6(2,3)4;2*1-5(2,3)4;;;/h;1H,(H2,2,3,4);2*(H2,1,2,3,4);;;. The van der Waals surface area contributed by atoms with Gasteiger partial charge in [0, 0.05) is 0 Å². The third-order valence-corrected chi connectivity index (χ3v) is 0.319. The van der Waals surface area contributed by atoms with Crippen LogP contribution in [0.4, 0.5) is 0 Å². The lowest BCUT2D eigenvalue weighted by Crippen LogP contribution is -1.89. The molecule has 0 amide bonds. The molecule has 0 aromatic rings. The summed E-state index contributed by atoms with van der Waals surface area (Å²) in [5.74, 6) is 0. The van der Waals surface area contributed by atoms with Crippen molar-refractivity contribution in [1.82, 2.24) is 0 Å². The number of phosphoric acid groups is 1. The van der Waals surface area contributed by atoms with Gasteiger partial charge < -0.3 is 9.79 Å². The van der Waals surface area contributed by atoms with Gasteiger partial charge in [0.25, 0.3) is 0 Å². The SMILES string of the molecule is O=P(O)(O)OO.O=S(=O)(O)O.O=S(=O)(O)O.[AlH3]. The van der Waals surface area contributed by atoms with Gasteiger partial charge in [0.1, 0.15) is 0 Å². The molecular weight excluding hydrogens is 330 g/mol. The maximum Gasteiger partial charge on any atom is 0.496 e. The second-order valence-electron chi connectivity index (χ2n) is 1.47. The van der Waals surface area contributed by atoms with Crippen molar-refractivity contribution in [3.63, 3.8) is 0 Å². The van der Waals surface area contributed by atoms with E-state index in [0.717, 1.165) is 0 Å². The molecule has 0 heterocycles. The average Bonchev–Trinajstić information content (AvgIpc) is 1.77. The van der Waals surface area contributed by atoms with Crippen molar-refractivity contribution < 1.29 is 59.3 Å². The molecule has 7 N–H and O–H groups in total. The zero-order chi connectivity index (χ0) is 14.2.